The molecule has 0 aliphatic carbocycles. The van der Waals surface area contributed by atoms with E-state index >= 15 is 0 Å². The SMILES string of the molecule is CC(C(=O)Cl)N(c1ccccc1Cl)S(=O)(=O)c1ccc(Br)cc1. The van der Waals surface area contributed by atoms with E-state index in [1.807, 2.05) is 0 Å². The maximum Gasteiger partial charge on any atom is 0.265 e. The highest BCUT2D eigenvalue weighted by Crippen LogP contribution is 2.33. The first kappa shape index (κ1) is 18.3. The van der Waals surface area contributed by atoms with Crippen molar-refractivity contribution >= 4 is 60.1 Å². The fourth-order valence-corrected chi connectivity index (χ4v) is 4.32. The van der Waals surface area contributed by atoms with Crippen molar-refractivity contribution in [3.05, 3.63) is 58.0 Å². The standard InChI is InChI=1S/C15H12BrCl2NO3S/c1-10(15(18)20)19(14-5-3-2-4-13(14)17)23(21,22)12-8-6-11(16)7-9-12/h2-10H,1H3. The van der Waals surface area contributed by atoms with Crippen LogP contribution in [0.25, 0.3) is 0 Å². The van der Waals surface area contributed by atoms with E-state index < -0.39 is 21.3 Å². The molecular weight excluding hydrogens is 425 g/mol. The van der Waals surface area contributed by atoms with Gasteiger partial charge in [0.05, 0.1) is 15.6 Å². The Labute approximate surface area is 153 Å². The van der Waals surface area contributed by atoms with Crippen LogP contribution in [0, 0.1) is 0 Å². The zero-order valence-electron chi connectivity index (χ0n) is 11.9. The van der Waals surface area contributed by atoms with Crippen LogP contribution in [0.1, 0.15) is 6.92 Å². The van der Waals surface area contributed by atoms with Crippen molar-refractivity contribution in [2.75, 3.05) is 4.31 Å². The third-order valence-electron chi connectivity index (χ3n) is 3.14. The molecule has 0 spiro atoms. The zero-order chi connectivity index (χ0) is 17.2. The normalized spacial score (nSPS) is 12.7. The van der Waals surface area contributed by atoms with Crippen LogP contribution in [-0.4, -0.2) is 19.7 Å². The summed E-state index contributed by atoms with van der Waals surface area (Å²) in [4.78, 5) is 11.6. The summed E-state index contributed by atoms with van der Waals surface area (Å²) in [5.41, 5.74) is 0.193. The molecule has 2 aromatic rings. The zero-order valence-corrected chi connectivity index (χ0v) is 15.8. The number of halogens is 3. The Kier molecular flexibility index (Phi) is 5.73. The molecule has 1 atom stereocenters. The number of sulfonamides is 1. The van der Waals surface area contributed by atoms with Gasteiger partial charge < -0.3 is 0 Å². The van der Waals surface area contributed by atoms with Gasteiger partial charge in [0.15, 0.2) is 0 Å². The van der Waals surface area contributed by atoms with E-state index in [0.29, 0.717) is 0 Å². The Balaban J connectivity index is 2.64. The average molecular weight is 437 g/mol. The van der Waals surface area contributed by atoms with Crippen molar-refractivity contribution in [1.82, 2.24) is 0 Å². The smallest absolute Gasteiger partial charge is 0.265 e. The van der Waals surface area contributed by atoms with Crippen LogP contribution < -0.4 is 4.31 Å². The van der Waals surface area contributed by atoms with Gasteiger partial charge in [-0.15, -0.1) is 0 Å². The summed E-state index contributed by atoms with van der Waals surface area (Å²) in [5, 5.41) is -0.594. The molecule has 0 radical (unpaired) electrons. The monoisotopic (exact) mass is 435 g/mol. The molecule has 0 N–H and O–H groups in total. The third kappa shape index (κ3) is 3.88. The second kappa shape index (κ2) is 7.21. The van der Waals surface area contributed by atoms with E-state index in [1.165, 1.54) is 25.1 Å². The third-order valence-corrected chi connectivity index (χ3v) is 6.20. The van der Waals surface area contributed by atoms with Crippen molar-refractivity contribution in [1.29, 1.82) is 0 Å². The molecule has 0 saturated carbocycles. The van der Waals surface area contributed by atoms with Gasteiger partial charge in [0.25, 0.3) is 10.0 Å². The Morgan fingerprint density at radius 2 is 1.70 bits per heavy atom. The maximum atomic E-state index is 13.0. The van der Waals surface area contributed by atoms with Crippen LogP contribution in [0.15, 0.2) is 57.9 Å². The quantitative estimate of drug-likeness (QED) is 0.650. The van der Waals surface area contributed by atoms with E-state index in [9.17, 15) is 13.2 Å². The number of carbonyl (C=O) groups is 1. The summed E-state index contributed by atoms with van der Waals surface area (Å²) >= 11 is 14.9. The second-order valence-corrected chi connectivity index (χ2v) is 8.20. The number of nitrogens with zero attached hydrogens (tertiary/aromatic N) is 1. The maximum absolute atomic E-state index is 13.0. The molecule has 4 nitrogen and oxygen atoms in total. The van der Waals surface area contributed by atoms with Gasteiger partial charge in [-0.3, -0.25) is 9.10 Å². The Morgan fingerprint density at radius 1 is 1.13 bits per heavy atom. The lowest BCUT2D eigenvalue weighted by molar-refractivity contribution is -0.112. The second-order valence-electron chi connectivity index (χ2n) is 4.69. The average Bonchev–Trinajstić information content (AvgIpc) is 2.49. The number of hydrogen-bond acceptors (Lipinski definition) is 3. The molecule has 0 aliphatic heterocycles. The lowest BCUT2D eigenvalue weighted by Gasteiger charge is -2.29. The Morgan fingerprint density at radius 3 is 2.22 bits per heavy atom. The molecule has 0 bridgehead atoms. The van der Waals surface area contributed by atoms with E-state index in [-0.39, 0.29) is 15.6 Å². The number of carbonyl (C=O) groups excluding carboxylic acids is 1. The molecule has 0 aromatic heterocycles. The first-order valence-corrected chi connectivity index (χ1v) is 9.48. The number of rotatable bonds is 5. The first-order chi connectivity index (χ1) is 10.7. The highest BCUT2D eigenvalue weighted by atomic mass is 79.9. The van der Waals surface area contributed by atoms with Crippen molar-refractivity contribution in [2.45, 2.75) is 17.9 Å². The van der Waals surface area contributed by atoms with Gasteiger partial charge in [0.1, 0.15) is 6.04 Å². The van der Waals surface area contributed by atoms with Gasteiger partial charge in [-0.1, -0.05) is 39.7 Å². The highest BCUT2D eigenvalue weighted by Gasteiger charge is 2.33. The molecule has 23 heavy (non-hydrogen) atoms. The molecule has 0 fully saturated rings. The fourth-order valence-electron chi connectivity index (χ4n) is 1.99. The number of hydrogen-bond donors (Lipinski definition) is 0. The highest BCUT2D eigenvalue weighted by molar-refractivity contribution is 9.10. The number of benzene rings is 2. The van der Waals surface area contributed by atoms with Gasteiger partial charge in [0.2, 0.25) is 5.24 Å². The minimum Gasteiger partial charge on any atom is -0.279 e. The van der Waals surface area contributed by atoms with E-state index in [0.717, 1.165) is 8.78 Å². The van der Waals surface area contributed by atoms with E-state index in [4.69, 9.17) is 23.2 Å². The summed E-state index contributed by atoms with van der Waals surface area (Å²) in [6.45, 7) is 1.41. The molecule has 0 heterocycles. The summed E-state index contributed by atoms with van der Waals surface area (Å²) in [6.07, 6.45) is 0. The lowest BCUT2D eigenvalue weighted by atomic mass is 10.3. The van der Waals surface area contributed by atoms with Crippen LogP contribution >= 0.6 is 39.1 Å². The predicted molar refractivity (Wildman–Crippen MR) is 95.6 cm³/mol. The van der Waals surface area contributed by atoms with Gasteiger partial charge >= 0.3 is 0 Å². The molecular formula is C15H12BrCl2NO3S. The predicted octanol–water partition coefficient (Wildman–Crippen LogP) is 4.45. The largest absolute Gasteiger partial charge is 0.279 e. The van der Waals surface area contributed by atoms with Gasteiger partial charge in [-0.2, -0.15) is 0 Å². The number of anilines is 1. The van der Waals surface area contributed by atoms with Gasteiger partial charge in [-0.05, 0) is 54.9 Å². The number of para-hydroxylation sites is 1. The lowest BCUT2D eigenvalue weighted by Crippen LogP contribution is -2.42. The summed E-state index contributed by atoms with van der Waals surface area (Å²) in [7, 11) is -4.01. The van der Waals surface area contributed by atoms with Crippen LogP contribution in [-0.2, 0) is 14.8 Å². The van der Waals surface area contributed by atoms with E-state index in [2.05, 4.69) is 15.9 Å². The van der Waals surface area contributed by atoms with Crippen molar-refractivity contribution in [2.24, 2.45) is 0 Å². The first-order valence-electron chi connectivity index (χ1n) is 6.49. The summed E-state index contributed by atoms with van der Waals surface area (Å²) in [5.74, 6) is 0. The Bertz CT molecular complexity index is 825. The van der Waals surface area contributed by atoms with Crippen LogP contribution in [0.3, 0.4) is 0 Å². The molecule has 122 valence electrons. The fraction of sp³-hybridized carbons (Fsp3) is 0.133. The molecule has 2 rings (SSSR count). The molecule has 0 amide bonds. The van der Waals surface area contributed by atoms with Gasteiger partial charge in [0, 0.05) is 4.47 Å². The van der Waals surface area contributed by atoms with E-state index in [1.54, 1.807) is 30.3 Å². The van der Waals surface area contributed by atoms with Crippen molar-refractivity contribution in [3.63, 3.8) is 0 Å². The minimum atomic E-state index is -4.01. The molecule has 2 aromatic carbocycles. The van der Waals surface area contributed by atoms with Crippen molar-refractivity contribution in [3.8, 4) is 0 Å². The Hall–Kier alpha value is -1.08. The topological polar surface area (TPSA) is 54.5 Å². The van der Waals surface area contributed by atoms with Gasteiger partial charge in [-0.25, -0.2) is 8.42 Å². The van der Waals surface area contributed by atoms with Crippen LogP contribution in [0.4, 0.5) is 5.69 Å². The molecule has 1 unspecified atom stereocenters. The van der Waals surface area contributed by atoms with Crippen LogP contribution in [0.5, 0.6) is 0 Å². The molecule has 0 aliphatic rings. The summed E-state index contributed by atoms with van der Waals surface area (Å²) in [6, 6.07) is 11.4. The summed E-state index contributed by atoms with van der Waals surface area (Å²) < 4.78 is 27.6. The van der Waals surface area contributed by atoms with Crippen molar-refractivity contribution < 1.29 is 13.2 Å². The molecule has 8 heteroatoms. The molecule has 0 saturated heterocycles. The van der Waals surface area contributed by atoms with Crippen LogP contribution in [0.2, 0.25) is 5.02 Å². The minimum absolute atomic E-state index is 0.0328.